The average Bonchev–Trinajstić information content (AvgIpc) is 3.49. The second-order valence-corrected chi connectivity index (χ2v) is 13.8. The largest absolute Gasteiger partial charge is 0.508 e. The van der Waals surface area contributed by atoms with E-state index in [0.29, 0.717) is 35.6 Å². The first-order valence-corrected chi connectivity index (χ1v) is 17.0. The molecule has 9 heteroatoms. The van der Waals surface area contributed by atoms with Gasteiger partial charge in [0.15, 0.2) is 0 Å². The molecule has 0 radical (unpaired) electrons. The highest BCUT2D eigenvalue weighted by Crippen LogP contribution is 2.64. The molecule has 6 unspecified atom stereocenters. The van der Waals surface area contributed by atoms with Gasteiger partial charge in [-0.2, -0.15) is 5.01 Å². The molecule has 0 bridgehead atoms. The summed E-state index contributed by atoms with van der Waals surface area (Å²) in [7, 11) is 1.51. The lowest BCUT2D eigenvalue weighted by atomic mass is 9.49. The maximum Gasteiger partial charge on any atom is 0.260 e. The lowest BCUT2D eigenvalue weighted by molar-refractivity contribution is -0.140. The number of fused-ring (bicyclic) bond motifs is 4. The molecule has 2 aliphatic heterocycles. The number of amides is 4. The first-order chi connectivity index (χ1) is 24.2. The van der Waals surface area contributed by atoms with Crippen molar-refractivity contribution >= 4 is 29.3 Å². The molecule has 50 heavy (non-hydrogen) atoms. The maximum absolute atomic E-state index is 15.2. The lowest BCUT2D eigenvalue weighted by Crippen LogP contribution is -2.53. The fraction of sp³-hybridized carbons (Fsp3) is 0.268. The molecule has 8 rings (SSSR count). The molecular formula is C41H37N3O6. The van der Waals surface area contributed by atoms with Crippen LogP contribution in [0.3, 0.4) is 0 Å². The highest BCUT2D eigenvalue weighted by molar-refractivity contribution is 6.13. The minimum Gasteiger partial charge on any atom is -0.508 e. The lowest BCUT2D eigenvalue weighted by Gasteiger charge is -2.50. The highest BCUT2D eigenvalue weighted by atomic mass is 16.5. The summed E-state index contributed by atoms with van der Waals surface area (Å²) in [5.74, 6) is -4.44. The van der Waals surface area contributed by atoms with Gasteiger partial charge in [0.05, 0.1) is 28.9 Å². The Labute approximate surface area is 290 Å². The number of carbonyl (C=O) groups is 4. The second-order valence-electron chi connectivity index (χ2n) is 13.8. The van der Waals surface area contributed by atoms with Crippen LogP contribution in [0, 0.1) is 30.6 Å². The topological polar surface area (TPSA) is 116 Å². The number of allylic oxidation sites excluding steroid dienone is 2. The molecule has 252 valence electrons. The molecule has 9 nitrogen and oxygen atoms in total. The number of rotatable bonds is 7. The van der Waals surface area contributed by atoms with Gasteiger partial charge in [0.25, 0.3) is 11.8 Å². The number of phenols is 1. The highest BCUT2D eigenvalue weighted by Gasteiger charge is 2.70. The van der Waals surface area contributed by atoms with Crippen molar-refractivity contribution in [1.29, 1.82) is 0 Å². The van der Waals surface area contributed by atoms with Gasteiger partial charge in [0, 0.05) is 24.6 Å². The molecule has 2 N–H and O–H groups in total. The Bertz CT molecular complexity index is 2050. The Hall–Kier alpha value is -5.70. The molecule has 3 fully saturated rings. The monoisotopic (exact) mass is 667 g/mol. The Balaban J connectivity index is 1.29. The Morgan fingerprint density at radius 1 is 0.840 bits per heavy atom. The van der Waals surface area contributed by atoms with E-state index in [1.165, 1.54) is 11.9 Å². The van der Waals surface area contributed by atoms with E-state index in [-0.39, 0.29) is 24.0 Å². The summed E-state index contributed by atoms with van der Waals surface area (Å²) in [5, 5.41) is 13.0. The predicted molar refractivity (Wildman–Crippen MR) is 185 cm³/mol. The second kappa shape index (κ2) is 12.0. The smallest absolute Gasteiger partial charge is 0.260 e. The fourth-order valence-electron chi connectivity index (χ4n) is 8.85. The van der Waals surface area contributed by atoms with Crippen LogP contribution in [0.4, 0.5) is 5.69 Å². The van der Waals surface area contributed by atoms with Crippen LogP contribution in [-0.2, 0) is 31.2 Å². The van der Waals surface area contributed by atoms with Crippen molar-refractivity contribution in [2.75, 3.05) is 12.5 Å². The molecule has 4 aromatic rings. The van der Waals surface area contributed by atoms with Gasteiger partial charge in [-0.25, -0.2) is 0 Å². The van der Waals surface area contributed by atoms with Gasteiger partial charge in [-0.05, 0) is 55.0 Å². The molecule has 4 aliphatic rings. The molecule has 0 spiro atoms. The number of anilines is 1. The van der Waals surface area contributed by atoms with E-state index >= 15 is 4.79 Å². The van der Waals surface area contributed by atoms with Crippen molar-refractivity contribution in [3.8, 4) is 11.5 Å². The third-order valence-electron chi connectivity index (χ3n) is 11.2. The Morgan fingerprint density at radius 2 is 1.54 bits per heavy atom. The van der Waals surface area contributed by atoms with Crippen LogP contribution in [0.15, 0.2) is 115 Å². The number of aryl methyl sites for hydroxylation is 1. The third kappa shape index (κ3) is 4.75. The van der Waals surface area contributed by atoms with Crippen molar-refractivity contribution in [1.82, 2.24) is 9.91 Å². The van der Waals surface area contributed by atoms with E-state index in [4.69, 9.17) is 4.74 Å². The summed E-state index contributed by atoms with van der Waals surface area (Å²) >= 11 is 0. The third-order valence-corrected chi connectivity index (χ3v) is 11.2. The van der Waals surface area contributed by atoms with Gasteiger partial charge in [-0.1, -0.05) is 96.1 Å². The van der Waals surface area contributed by atoms with Crippen LogP contribution in [-0.4, -0.2) is 45.7 Å². The quantitative estimate of drug-likeness (QED) is 0.186. The van der Waals surface area contributed by atoms with Crippen molar-refractivity contribution in [3.05, 3.63) is 137 Å². The van der Waals surface area contributed by atoms with Crippen LogP contribution in [0.5, 0.6) is 11.5 Å². The Morgan fingerprint density at radius 3 is 2.24 bits per heavy atom. The van der Waals surface area contributed by atoms with Crippen LogP contribution in [0.1, 0.15) is 41.0 Å². The number of aromatic hydroxyl groups is 1. The minimum absolute atomic E-state index is 0.0885. The van der Waals surface area contributed by atoms with E-state index in [1.54, 1.807) is 18.2 Å². The van der Waals surface area contributed by atoms with Crippen LogP contribution >= 0.6 is 0 Å². The van der Waals surface area contributed by atoms with Gasteiger partial charge in [0.1, 0.15) is 18.1 Å². The predicted octanol–water partition coefficient (Wildman–Crippen LogP) is 5.89. The first-order valence-electron chi connectivity index (χ1n) is 17.0. The zero-order valence-electron chi connectivity index (χ0n) is 27.8. The molecule has 2 aliphatic carbocycles. The number of likely N-dealkylation sites (tertiary alicyclic amines) is 1. The van der Waals surface area contributed by atoms with Gasteiger partial charge in [0.2, 0.25) is 11.8 Å². The molecule has 6 atom stereocenters. The van der Waals surface area contributed by atoms with Crippen LogP contribution in [0.2, 0.25) is 0 Å². The number of carbonyl (C=O) groups excluding carboxylic acids is 4. The molecule has 2 heterocycles. The number of benzene rings is 4. The summed E-state index contributed by atoms with van der Waals surface area (Å²) in [6, 6.07) is 31.5. The van der Waals surface area contributed by atoms with Gasteiger partial charge >= 0.3 is 0 Å². The fourth-order valence-corrected chi connectivity index (χ4v) is 8.85. The number of ether oxygens (including phenoxy) is 1. The molecule has 0 aromatic heterocycles. The molecular weight excluding hydrogens is 630 g/mol. The maximum atomic E-state index is 15.2. The van der Waals surface area contributed by atoms with Gasteiger partial charge in [-0.3, -0.25) is 29.5 Å². The van der Waals surface area contributed by atoms with Crippen molar-refractivity contribution in [2.24, 2.45) is 23.7 Å². The van der Waals surface area contributed by atoms with Gasteiger partial charge in [-0.15, -0.1) is 0 Å². The standard InChI is InChI=1S/C41H37N3O6/c1-24-13-15-27(16-14-24)42-44-38(47)33-22-32-29(19-20-31-35(32)39(48)43(2)37(31)46)36(41(33,40(44)49)26-11-7-4-8-12-26)30-18-17-28(21-34(30)45)50-23-25-9-5-3-6-10-25/h3-19,21,31-33,35-36,42,45H,20,22-23H2,1-2H3. The van der Waals surface area contributed by atoms with Crippen molar-refractivity contribution in [3.63, 3.8) is 0 Å². The summed E-state index contributed by atoms with van der Waals surface area (Å²) < 4.78 is 6.04. The van der Waals surface area contributed by atoms with Crippen molar-refractivity contribution in [2.45, 2.75) is 37.7 Å². The minimum atomic E-state index is -1.47. The Kier molecular flexibility index (Phi) is 7.58. The van der Waals surface area contributed by atoms with E-state index in [1.807, 2.05) is 97.9 Å². The SMILES string of the molecule is Cc1ccc(NN2C(=O)C3CC4C(=CCC5C(=O)N(C)C(=O)C54)C(c4ccc(OCc5ccccc5)cc4O)C3(c3ccccc3)C2=O)cc1. The zero-order chi connectivity index (χ0) is 34.7. The first kappa shape index (κ1) is 31.6. The molecule has 1 saturated carbocycles. The number of imide groups is 2. The zero-order valence-corrected chi connectivity index (χ0v) is 27.8. The summed E-state index contributed by atoms with van der Waals surface area (Å²) in [5.41, 5.74) is 6.08. The normalized spacial score (nSPS) is 27.1. The van der Waals surface area contributed by atoms with E-state index < -0.39 is 46.8 Å². The van der Waals surface area contributed by atoms with Gasteiger partial charge < -0.3 is 9.84 Å². The number of nitrogens with one attached hydrogen (secondary N) is 1. The molecule has 4 amide bonds. The number of nitrogens with zero attached hydrogens (tertiary/aromatic N) is 2. The summed E-state index contributed by atoms with van der Waals surface area (Å²) in [6.07, 6.45) is 2.50. The van der Waals surface area contributed by atoms with E-state index in [2.05, 4.69) is 5.43 Å². The average molecular weight is 668 g/mol. The van der Waals surface area contributed by atoms with E-state index in [9.17, 15) is 19.5 Å². The summed E-state index contributed by atoms with van der Waals surface area (Å²) in [4.78, 5) is 58.0. The number of phenolic OH excluding ortho intramolecular Hbond substituents is 1. The van der Waals surface area contributed by atoms with Crippen LogP contribution in [0.25, 0.3) is 0 Å². The van der Waals surface area contributed by atoms with Crippen molar-refractivity contribution < 1.29 is 29.0 Å². The number of hydrogen-bond acceptors (Lipinski definition) is 7. The number of hydrogen-bond donors (Lipinski definition) is 2. The van der Waals surface area contributed by atoms with Crippen LogP contribution < -0.4 is 10.2 Å². The summed E-state index contributed by atoms with van der Waals surface area (Å²) in [6.45, 7) is 2.25. The molecule has 2 saturated heterocycles. The molecule has 4 aromatic carbocycles. The number of hydrazine groups is 1. The van der Waals surface area contributed by atoms with E-state index in [0.717, 1.165) is 21.7 Å².